The number of ether oxygens (including phenoxy) is 1. The van der Waals surface area contributed by atoms with Crippen molar-refractivity contribution in [3.05, 3.63) is 78.4 Å². The predicted octanol–water partition coefficient (Wildman–Crippen LogP) is 5.74. The van der Waals surface area contributed by atoms with Gasteiger partial charge in [-0.2, -0.15) is 5.10 Å². The van der Waals surface area contributed by atoms with E-state index in [1.165, 1.54) is 19.2 Å². The number of rotatable bonds is 4. The molecule has 0 bridgehead atoms. The average molecular weight is 398 g/mol. The summed E-state index contributed by atoms with van der Waals surface area (Å²) in [5.74, 6) is 0.155. The second kappa shape index (κ2) is 7.15. The third kappa shape index (κ3) is 3.12. The Kier molecular flexibility index (Phi) is 4.32. The average Bonchev–Trinajstić information content (AvgIpc) is 3.40. The Labute approximate surface area is 172 Å². The van der Waals surface area contributed by atoms with E-state index in [0.717, 1.165) is 50.2 Å². The van der Waals surface area contributed by atoms with Crippen LogP contribution in [0.2, 0.25) is 0 Å². The minimum atomic E-state index is -0.333. The number of nitrogens with zero attached hydrogens (tertiary/aromatic N) is 2. The van der Waals surface area contributed by atoms with E-state index in [-0.39, 0.29) is 5.82 Å². The molecule has 5 nitrogen and oxygen atoms in total. The van der Waals surface area contributed by atoms with Crippen LogP contribution in [0.15, 0.2) is 67.0 Å². The number of hydrogen-bond donors (Lipinski definition) is 2. The van der Waals surface area contributed by atoms with Gasteiger partial charge in [0, 0.05) is 34.9 Å². The molecule has 0 saturated heterocycles. The monoisotopic (exact) mass is 398 g/mol. The predicted molar refractivity (Wildman–Crippen MR) is 116 cm³/mol. The van der Waals surface area contributed by atoms with Crippen molar-refractivity contribution in [3.63, 3.8) is 0 Å². The van der Waals surface area contributed by atoms with E-state index in [1.54, 1.807) is 6.20 Å². The molecule has 2 N–H and O–H groups in total. The highest BCUT2D eigenvalue weighted by atomic mass is 19.1. The molecule has 5 rings (SSSR count). The van der Waals surface area contributed by atoms with Crippen LogP contribution in [-0.4, -0.2) is 27.3 Å². The molecule has 0 aliphatic rings. The van der Waals surface area contributed by atoms with Gasteiger partial charge in [-0.05, 0) is 60.0 Å². The molecule has 148 valence electrons. The maximum absolute atomic E-state index is 14.1. The third-order valence-corrected chi connectivity index (χ3v) is 5.27. The summed E-state index contributed by atoms with van der Waals surface area (Å²) in [6, 6.07) is 16.7. The zero-order chi connectivity index (χ0) is 20.7. The number of methoxy groups -OCH3 is 1. The van der Waals surface area contributed by atoms with E-state index in [2.05, 4.69) is 20.2 Å². The van der Waals surface area contributed by atoms with E-state index in [4.69, 9.17) is 4.74 Å². The summed E-state index contributed by atoms with van der Waals surface area (Å²) in [5, 5.41) is 8.57. The Morgan fingerprint density at radius 1 is 0.967 bits per heavy atom. The minimum Gasteiger partial charge on any atom is -0.497 e. The van der Waals surface area contributed by atoms with Gasteiger partial charge in [0.2, 0.25) is 0 Å². The van der Waals surface area contributed by atoms with Crippen molar-refractivity contribution >= 4 is 10.9 Å². The summed E-state index contributed by atoms with van der Waals surface area (Å²) in [6.07, 6.45) is 3.60. The van der Waals surface area contributed by atoms with Crippen LogP contribution in [0, 0.1) is 12.7 Å². The summed E-state index contributed by atoms with van der Waals surface area (Å²) >= 11 is 0. The number of nitrogens with one attached hydrogen (secondary N) is 2. The summed E-state index contributed by atoms with van der Waals surface area (Å²) in [4.78, 5) is 7.63. The highest BCUT2D eigenvalue weighted by Gasteiger charge is 2.13. The Morgan fingerprint density at radius 3 is 2.70 bits per heavy atom. The lowest BCUT2D eigenvalue weighted by Crippen LogP contribution is -1.87. The summed E-state index contributed by atoms with van der Waals surface area (Å²) in [5.41, 5.74) is 7.36. The summed E-state index contributed by atoms with van der Waals surface area (Å²) in [6.45, 7) is 2.04. The molecule has 0 unspecified atom stereocenters. The molecule has 5 aromatic rings. The first-order valence-corrected chi connectivity index (χ1v) is 9.56. The lowest BCUT2D eigenvalue weighted by atomic mass is 10.0. The van der Waals surface area contributed by atoms with Gasteiger partial charge in [0.1, 0.15) is 17.3 Å². The summed E-state index contributed by atoms with van der Waals surface area (Å²) < 4.78 is 19.3. The second-order valence-electron chi connectivity index (χ2n) is 7.19. The number of hydrogen-bond acceptors (Lipinski definition) is 3. The lowest BCUT2D eigenvalue weighted by Gasteiger charge is -2.07. The van der Waals surface area contributed by atoms with Crippen LogP contribution in [0.25, 0.3) is 44.7 Å². The lowest BCUT2D eigenvalue weighted by molar-refractivity contribution is 0.411. The van der Waals surface area contributed by atoms with Crippen LogP contribution in [0.5, 0.6) is 5.75 Å². The normalized spacial score (nSPS) is 11.2. The first kappa shape index (κ1) is 18.1. The highest BCUT2D eigenvalue weighted by Crippen LogP contribution is 2.34. The number of pyridine rings is 1. The molecule has 3 aromatic heterocycles. The molecule has 0 aliphatic carbocycles. The van der Waals surface area contributed by atoms with Crippen LogP contribution >= 0.6 is 0 Å². The quantitative estimate of drug-likeness (QED) is 0.405. The fraction of sp³-hybridized carbons (Fsp3) is 0.0833. The van der Waals surface area contributed by atoms with Crippen molar-refractivity contribution in [2.45, 2.75) is 6.92 Å². The number of fused-ring (bicyclic) bond motifs is 1. The van der Waals surface area contributed by atoms with Crippen LogP contribution < -0.4 is 4.74 Å². The molecule has 3 heterocycles. The molecule has 0 fully saturated rings. The van der Waals surface area contributed by atoms with Crippen LogP contribution in [0.3, 0.4) is 0 Å². The van der Waals surface area contributed by atoms with Gasteiger partial charge in [-0.15, -0.1) is 0 Å². The van der Waals surface area contributed by atoms with Gasteiger partial charge in [0.15, 0.2) is 0 Å². The number of benzene rings is 2. The summed E-state index contributed by atoms with van der Waals surface area (Å²) in [7, 11) is 1.53. The standard InChI is InChI=1S/C24H19FN4O/c1-14-6-7-26-13-20(14)22-12-24(29-28-22)23-11-19-18(4-3-5-21(19)27-23)15-8-16(25)10-17(9-15)30-2/h3-13,27H,1-2H3,(H,28,29). The van der Waals surface area contributed by atoms with Crippen molar-refractivity contribution < 1.29 is 9.13 Å². The number of H-pyrrole nitrogens is 2. The zero-order valence-corrected chi connectivity index (χ0v) is 16.5. The smallest absolute Gasteiger partial charge is 0.127 e. The van der Waals surface area contributed by atoms with Crippen LogP contribution in [0.1, 0.15) is 5.56 Å². The van der Waals surface area contributed by atoms with Crippen molar-refractivity contribution in [2.75, 3.05) is 7.11 Å². The molecular weight excluding hydrogens is 379 g/mol. The molecule has 2 aromatic carbocycles. The Bertz CT molecular complexity index is 1370. The fourth-order valence-electron chi connectivity index (χ4n) is 3.72. The van der Waals surface area contributed by atoms with E-state index in [1.807, 2.05) is 55.6 Å². The van der Waals surface area contributed by atoms with Crippen molar-refractivity contribution in [2.24, 2.45) is 0 Å². The molecular formula is C24H19FN4O. The molecule has 6 heteroatoms. The van der Waals surface area contributed by atoms with Gasteiger partial charge in [-0.1, -0.05) is 12.1 Å². The largest absolute Gasteiger partial charge is 0.497 e. The molecule has 0 aliphatic heterocycles. The molecule has 0 saturated carbocycles. The number of aromatic amines is 2. The van der Waals surface area contributed by atoms with E-state index in [9.17, 15) is 4.39 Å². The SMILES string of the molecule is COc1cc(F)cc(-c2cccc3[nH]c(-c4cc(-c5cnccc5C)[nH]n4)cc23)c1. The minimum absolute atomic E-state index is 0.333. The third-order valence-electron chi connectivity index (χ3n) is 5.27. The van der Waals surface area contributed by atoms with E-state index < -0.39 is 0 Å². The van der Waals surface area contributed by atoms with Gasteiger partial charge in [0.25, 0.3) is 0 Å². The van der Waals surface area contributed by atoms with Gasteiger partial charge in [-0.3, -0.25) is 10.1 Å². The second-order valence-corrected chi connectivity index (χ2v) is 7.19. The van der Waals surface area contributed by atoms with Gasteiger partial charge in [0.05, 0.1) is 18.5 Å². The van der Waals surface area contributed by atoms with Crippen molar-refractivity contribution in [3.8, 4) is 39.5 Å². The maximum Gasteiger partial charge on any atom is 0.127 e. The highest BCUT2D eigenvalue weighted by molar-refractivity contribution is 5.98. The van der Waals surface area contributed by atoms with Gasteiger partial charge >= 0.3 is 0 Å². The van der Waals surface area contributed by atoms with E-state index in [0.29, 0.717) is 5.75 Å². The molecule has 0 radical (unpaired) electrons. The molecule has 0 atom stereocenters. The molecule has 0 amide bonds. The Morgan fingerprint density at radius 2 is 1.87 bits per heavy atom. The Hall–Kier alpha value is -3.93. The number of halogens is 1. The van der Waals surface area contributed by atoms with Gasteiger partial charge < -0.3 is 9.72 Å². The zero-order valence-electron chi connectivity index (χ0n) is 16.5. The molecule has 0 spiro atoms. The Balaban J connectivity index is 1.60. The first-order valence-electron chi connectivity index (χ1n) is 9.56. The topological polar surface area (TPSA) is 66.6 Å². The first-order chi connectivity index (χ1) is 14.6. The van der Waals surface area contributed by atoms with Crippen LogP contribution in [0.4, 0.5) is 4.39 Å². The number of aromatic nitrogens is 4. The van der Waals surface area contributed by atoms with Gasteiger partial charge in [-0.25, -0.2) is 4.39 Å². The maximum atomic E-state index is 14.1. The fourth-order valence-corrected chi connectivity index (χ4v) is 3.72. The van der Waals surface area contributed by atoms with Crippen molar-refractivity contribution in [1.29, 1.82) is 0 Å². The number of aryl methyl sites for hydroxylation is 1. The van der Waals surface area contributed by atoms with E-state index >= 15 is 0 Å². The van der Waals surface area contributed by atoms with Crippen LogP contribution in [-0.2, 0) is 0 Å². The molecule has 30 heavy (non-hydrogen) atoms. The van der Waals surface area contributed by atoms with Crippen molar-refractivity contribution in [1.82, 2.24) is 20.2 Å².